The van der Waals surface area contributed by atoms with Gasteiger partial charge in [0.25, 0.3) is 0 Å². The van der Waals surface area contributed by atoms with Crippen LogP contribution in [0.1, 0.15) is 25.3 Å². The van der Waals surface area contributed by atoms with Crippen molar-refractivity contribution in [3.63, 3.8) is 0 Å². The normalized spacial score (nSPS) is 15.2. The van der Waals surface area contributed by atoms with Crippen molar-refractivity contribution in [2.45, 2.75) is 38.4 Å². The minimum atomic E-state index is -0.292. The third-order valence-electron chi connectivity index (χ3n) is 2.53. The largest absolute Gasteiger partial charge is 0.393 e. The second kappa shape index (κ2) is 5.88. The number of hydrogen-bond donors (Lipinski definition) is 1. The highest BCUT2D eigenvalue weighted by molar-refractivity contribution is 5.03. The maximum absolute atomic E-state index is 9.71. The summed E-state index contributed by atoms with van der Waals surface area (Å²) in [5.41, 5.74) is 1.17. The van der Waals surface area contributed by atoms with Crippen molar-refractivity contribution in [1.82, 2.24) is 9.78 Å². The van der Waals surface area contributed by atoms with E-state index < -0.39 is 0 Å². The molecule has 0 spiro atoms. The van der Waals surface area contributed by atoms with Crippen LogP contribution in [0, 0.1) is 0 Å². The molecule has 0 aliphatic rings. The molecule has 0 aromatic carbocycles. The number of aryl methyl sites for hydroxylation is 2. The van der Waals surface area contributed by atoms with Crippen molar-refractivity contribution < 1.29 is 9.84 Å². The van der Waals surface area contributed by atoms with Crippen LogP contribution >= 0.6 is 0 Å². The molecule has 1 aromatic rings. The number of aliphatic hydroxyl groups is 1. The van der Waals surface area contributed by atoms with Crippen LogP contribution in [0.4, 0.5) is 0 Å². The highest BCUT2D eigenvalue weighted by Crippen LogP contribution is 2.09. The standard InChI is InChI=1S/C11H20N2O2/c1-9(15-3)6-11(14)5-4-10-7-12-13(2)8-10/h7-9,11,14H,4-6H2,1-3H3. The summed E-state index contributed by atoms with van der Waals surface area (Å²) in [7, 11) is 3.56. The zero-order valence-electron chi connectivity index (χ0n) is 9.68. The SMILES string of the molecule is COC(C)CC(O)CCc1cnn(C)c1. The quantitative estimate of drug-likeness (QED) is 0.769. The number of aromatic nitrogens is 2. The summed E-state index contributed by atoms with van der Waals surface area (Å²) < 4.78 is 6.88. The Bertz CT molecular complexity index is 286. The van der Waals surface area contributed by atoms with Gasteiger partial charge in [-0.3, -0.25) is 4.68 Å². The molecular weight excluding hydrogens is 192 g/mol. The third kappa shape index (κ3) is 4.44. The van der Waals surface area contributed by atoms with E-state index in [1.165, 1.54) is 5.56 Å². The summed E-state index contributed by atoms with van der Waals surface area (Å²) in [6.07, 6.45) is 5.97. The number of methoxy groups -OCH3 is 1. The van der Waals surface area contributed by atoms with Gasteiger partial charge in [-0.05, 0) is 31.7 Å². The van der Waals surface area contributed by atoms with Crippen LogP contribution in [0.5, 0.6) is 0 Å². The highest BCUT2D eigenvalue weighted by atomic mass is 16.5. The Morgan fingerprint density at radius 1 is 1.60 bits per heavy atom. The van der Waals surface area contributed by atoms with Gasteiger partial charge in [-0.2, -0.15) is 5.10 Å². The predicted molar refractivity (Wildman–Crippen MR) is 58.6 cm³/mol. The maximum Gasteiger partial charge on any atom is 0.0568 e. The molecule has 0 aliphatic heterocycles. The van der Waals surface area contributed by atoms with Gasteiger partial charge in [0.2, 0.25) is 0 Å². The molecule has 0 saturated carbocycles. The molecule has 1 aromatic heterocycles. The van der Waals surface area contributed by atoms with E-state index in [0.29, 0.717) is 6.42 Å². The van der Waals surface area contributed by atoms with Gasteiger partial charge in [-0.15, -0.1) is 0 Å². The van der Waals surface area contributed by atoms with Crippen molar-refractivity contribution in [1.29, 1.82) is 0 Å². The molecule has 0 saturated heterocycles. The van der Waals surface area contributed by atoms with Gasteiger partial charge >= 0.3 is 0 Å². The van der Waals surface area contributed by atoms with Gasteiger partial charge in [-0.25, -0.2) is 0 Å². The molecule has 2 unspecified atom stereocenters. The number of nitrogens with zero attached hydrogens (tertiary/aromatic N) is 2. The summed E-state index contributed by atoms with van der Waals surface area (Å²) in [6.45, 7) is 1.97. The predicted octanol–water partition coefficient (Wildman–Crippen LogP) is 1.14. The Hall–Kier alpha value is -0.870. The van der Waals surface area contributed by atoms with Crippen LogP contribution in [0.3, 0.4) is 0 Å². The van der Waals surface area contributed by atoms with Gasteiger partial charge in [-0.1, -0.05) is 0 Å². The molecule has 86 valence electrons. The molecule has 1 N–H and O–H groups in total. The molecule has 0 bridgehead atoms. The first-order valence-electron chi connectivity index (χ1n) is 5.30. The van der Waals surface area contributed by atoms with Crippen molar-refractivity contribution >= 4 is 0 Å². The van der Waals surface area contributed by atoms with Gasteiger partial charge < -0.3 is 9.84 Å². The first-order valence-corrected chi connectivity index (χ1v) is 5.30. The first-order chi connectivity index (χ1) is 7.11. The van der Waals surface area contributed by atoms with Gasteiger partial charge in [0, 0.05) is 20.4 Å². The van der Waals surface area contributed by atoms with E-state index >= 15 is 0 Å². The molecule has 0 amide bonds. The number of hydrogen-bond acceptors (Lipinski definition) is 3. The minimum Gasteiger partial charge on any atom is -0.393 e. The second-order valence-corrected chi connectivity index (χ2v) is 4.00. The fraction of sp³-hybridized carbons (Fsp3) is 0.727. The van der Waals surface area contributed by atoms with E-state index in [4.69, 9.17) is 4.74 Å². The fourth-order valence-corrected chi connectivity index (χ4v) is 1.53. The molecule has 1 rings (SSSR count). The number of aliphatic hydroxyl groups excluding tert-OH is 1. The Labute approximate surface area is 90.9 Å². The van der Waals surface area contributed by atoms with E-state index in [1.807, 2.05) is 26.4 Å². The number of ether oxygens (including phenoxy) is 1. The van der Waals surface area contributed by atoms with Crippen LogP contribution in [0.2, 0.25) is 0 Å². The van der Waals surface area contributed by atoms with Crippen molar-refractivity contribution in [2.75, 3.05) is 7.11 Å². The van der Waals surface area contributed by atoms with Crippen LogP contribution in [0.25, 0.3) is 0 Å². The molecule has 0 fully saturated rings. The molecule has 4 heteroatoms. The molecule has 0 aliphatic carbocycles. The molecule has 1 heterocycles. The Balaban J connectivity index is 2.25. The molecule has 15 heavy (non-hydrogen) atoms. The second-order valence-electron chi connectivity index (χ2n) is 4.00. The first kappa shape index (κ1) is 12.2. The lowest BCUT2D eigenvalue weighted by molar-refractivity contribution is 0.0530. The monoisotopic (exact) mass is 212 g/mol. The lowest BCUT2D eigenvalue weighted by atomic mass is 10.1. The summed E-state index contributed by atoms with van der Waals surface area (Å²) in [6, 6.07) is 0. The van der Waals surface area contributed by atoms with Crippen molar-refractivity contribution in [2.24, 2.45) is 7.05 Å². The minimum absolute atomic E-state index is 0.119. The molecule has 0 radical (unpaired) electrons. The summed E-state index contributed by atoms with van der Waals surface area (Å²) in [5, 5.41) is 13.8. The van der Waals surface area contributed by atoms with E-state index in [0.717, 1.165) is 12.8 Å². The van der Waals surface area contributed by atoms with Crippen molar-refractivity contribution in [3.05, 3.63) is 18.0 Å². The topological polar surface area (TPSA) is 47.3 Å². The van der Waals surface area contributed by atoms with Crippen LogP contribution < -0.4 is 0 Å². The molecular formula is C11H20N2O2. The Morgan fingerprint density at radius 3 is 2.87 bits per heavy atom. The Kier molecular flexibility index (Phi) is 4.78. The molecule has 2 atom stereocenters. The van der Waals surface area contributed by atoms with E-state index in [1.54, 1.807) is 11.8 Å². The lowest BCUT2D eigenvalue weighted by Crippen LogP contribution is -2.17. The zero-order valence-corrected chi connectivity index (χ0v) is 9.68. The van der Waals surface area contributed by atoms with Gasteiger partial charge in [0.05, 0.1) is 18.4 Å². The van der Waals surface area contributed by atoms with E-state index in [-0.39, 0.29) is 12.2 Å². The average Bonchev–Trinajstić information content (AvgIpc) is 2.61. The molecule has 4 nitrogen and oxygen atoms in total. The Morgan fingerprint density at radius 2 is 2.33 bits per heavy atom. The van der Waals surface area contributed by atoms with Crippen LogP contribution in [-0.2, 0) is 18.2 Å². The smallest absolute Gasteiger partial charge is 0.0568 e. The van der Waals surface area contributed by atoms with Crippen LogP contribution in [0.15, 0.2) is 12.4 Å². The van der Waals surface area contributed by atoms with Gasteiger partial charge in [0.1, 0.15) is 0 Å². The zero-order chi connectivity index (χ0) is 11.3. The summed E-state index contributed by atoms with van der Waals surface area (Å²) in [5.74, 6) is 0. The maximum atomic E-state index is 9.71. The lowest BCUT2D eigenvalue weighted by Gasteiger charge is -2.14. The van der Waals surface area contributed by atoms with E-state index in [2.05, 4.69) is 5.10 Å². The van der Waals surface area contributed by atoms with Gasteiger partial charge in [0.15, 0.2) is 0 Å². The third-order valence-corrected chi connectivity index (χ3v) is 2.53. The van der Waals surface area contributed by atoms with Crippen molar-refractivity contribution in [3.8, 4) is 0 Å². The number of rotatable bonds is 6. The fourth-order valence-electron chi connectivity index (χ4n) is 1.53. The highest BCUT2D eigenvalue weighted by Gasteiger charge is 2.10. The van der Waals surface area contributed by atoms with Crippen LogP contribution in [-0.4, -0.2) is 34.2 Å². The summed E-state index contributed by atoms with van der Waals surface area (Å²) >= 11 is 0. The summed E-state index contributed by atoms with van der Waals surface area (Å²) in [4.78, 5) is 0. The average molecular weight is 212 g/mol. The van der Waals surface area contributed by atoms with E-state index in [9.17, 15) is 5.11 Å².